The van der Waals surface area contributed by atoms with E-state index in [0.29, 0.717) is 38.2 Å². The van der Waals surface area contributed by atoms with Crippen LogP contribution in [0, 0.1) is 5.92 Å². The number of carbonyl (C=O) groups excluding carboxylic acids is 4. The molecular weight excluding hydrogens is 606 g/mol. The molecule has 3 amide bonds. The summed E-state index contributed by atoms with van der Waals surface area (Å²) in [6.45, 7) is 3.26. The number of hydrogen-bond acceptors (Lipinski definition) is 10. The third-order valence-electron chi connectivity index (χ3n) is 8.07. The highest BCUT2D eigenvalue weighted by Crippen LogP contribution is 2.53. The number of imide groups is 1. The molecule has 2 saturated heterocycles. The van der Waals surface area contributed by atoms with E-state index in [4.69, 9.17) is 14.2 Å². The summed E-state index contributed by atoms with van der Waals surface area (Å²) in [7, 11) is 1.49. The highest BCUT2D eigenvalue weighted by atomic mass is 32.2. The number of likely N-dealkylation sites (tertiary alicyclic amines) is 1. The lowest BCUT2D eigenvalue weighted by atomic mass is 9.83. The van der Waals surface area contributed by atoms with Crippen LogP contribution in [0.5, 0.6) is 11.5 Å². The van der Waals surface area contributed by atoms with E-state index < -0.39 is 34.9 Å². The summed E-state index contributed by atoms with van der Waals surface area (Å²) in [5, 5.41) is -0.225. The zero-order valence-corrected chi connectivity index (χ0v) is 25.8. The highest BCUT2D eigenvalue weighted by Gasteiger charge is 2.56. The summed E-state index contributed by atoms with van der Waals surface area (Å²) in [4.78, 5) is 71.2. The predicted octanol–water partition coefficient (Wildman–Crippen LogP) is 3.81. The molecule has 0 bridgehead atoms. The number of methoxy groups -OCH3 is 1. The minimum atomic E-state index is -0.798. The molecule has 3 atom stereocenters. The van der Waals surface area contributed by atoms with E-state index in [1.807, 2.05) is 0 Å². The quantitative estimate of drug-likeness (QED) is 0.289. The molecule has 0 spiro atoms. The molecular formula is C31H31N3O8S2. The van der Waals surface area contributed by atoms with Gasteiger partial charge >= 0.3 is 10.8 Å². The second-order valence-corrected chi connectivity index (χ2v) is 12.8. The number of nitrogens with one attached hydrogen (secondary N) is 1. The van der Waals surface area contributed by atoms with Crippen molar-refractivity contribution in [2.24, 2.45) is 5.92 Å². The summed E-state index contributed by atoms with van der Waals surface area (Å²) >= 11 is 2.19. The van der Waals surface area contributed by atoms with Gasteiger partial charge in [-0.3, -0.25) is 19.2 Å². The van der Waals surface area contributed by atoms with Gasteiger partial charge in [0.05, 0.1) is 35.9 Å². The van der Waals surface area contributed by atoms with Crippen molar-refractivity contribution in [3.8, 4) is 11.5 Å². The van der Waals surface area contributed by atoms with Crippen molar-refractivity contribution in [1.82, 2.24) is 9.88 Å². The fourth-order valence-corrected chi connectivity index (χ4v) is 8.48. The molecule has 6 rings (SSSR count). The Kier molecular flexibility index (Phi) is 8.50. The van der Waals surface area contributed by atoms with Gasteiger partial charge in [0.15, 0.2) is 18.1 Å². The van der Waals surface area contributed by atoms with Gasteiger partial charge in [0.2, 0.25) is 11.8 Å². The van der Waals surface area contributed by atoms with Crippen LogP contribution in [0.15, 0.2) is 52.3 Å². The number of ether oxygens (including phenoxy) is 3. The normalized spacial score (nSPS) is 21.1. The predicted molar refractivity (Wildman–Crippen MR) is 164 cm³/mol. The van der Waals surface area contributed by atoms with Crippen LogP contribution >= 0.6 is 23.1 Å². The Morgan fingerprint density at radius 2 is 1.73 bits per heavy atom. The lowest BCUT2D eigenvalue weighted by molar-refractivity contribution is -0.134. The Labute approximate surface area is 261 Å². The summed E-state index contributed by atoms with van der Waals surface area (Å²) in [5.41, 5.74) is 1.33. The Morgan fingerprint density at radius 3 is 2.43 bits per heavy atom. The Morgan fingerprint density at radius 1 is 0.977 bits per heavy atom. The molecule has 230 valence electrons. The number of H-pyrrole nitrogens is 1. The molecule has 2 fully saturated rings. The van der Waals surface area contributed by atoms with Gasteiger partial charge in [0.25, 0.3) is 5.91 Å². The second-order valence-electron chi connectivity index (χ2n) is 10.7. The molecule has 13 heteroatoms. The van der Waals surface area contributed by atoms with Crippen molar-refractivity contribution in [1.29, 1.82) is 0 Å². The monoisotopic (exact) mass is 637 g/mol. The van der Waals surface area contributed by atoms with Crippen molar-refractivity contribution in [3.05, 3.63) is 68.1 Å². The molecule has 0 radical (unpaired) electrons. The number of thiazole rings is 1. The first-order chi connectivity index (χ1) is 21.3. The van der Waals surface area contributed by atoms with E-state index in [1.165, 1.54) is 31.0 Å². The first kappa shape index (κ1) is 29.9. The van der Waals surface area contributed by atoms with Crippen LogP contribution in [0.4, 0.5) is 5.69 Å². The van der Waals surface area contributed by atoms with E-state index in [-0.39, 0.29) is 24.0 Å². The Bertz CT molecular complexity index is 1660. The Hall–Kier alpha value is -4.10. The maximum atomic E-state index is 14.0. The smallest absolute Gasteiger partial charge is 0.338 e. The maximum absolute atomic E-state index is 14.0. The average molecular weight is 638 g/mol. The first-order valence-electron chi connectivity index (χ1n) is 14.4. The van der Waals surface area contributed by atoms with Gasteiger partial charge in [-0.25, -0.2) is 9.69 Å². The zero-order valence-electron chi connectivity index (χ0n) is 24.2. The van der Waals surface area contributed by atoms with Gasteiger partial charge in [-0.05, 0) is 68.1 Å². The van der Waals surface area contributed by atoms with Crippen LogP contribution in [-0.4, -0.2) is 72.2 Å². The van der Waals surface area contributed by atoms with Gasteiger partial charge in [-0.1, -0.05) is 29.2 Å². The van der Waals surface area contributed by atoms with E-state index in [9.17, 15) is 24.0 Å². The number of rotatable bonds is 8. The molecule has 2 aromatic carbocycles. The van der Waals surface area contributed by atoms with Gasteiger partial charge in [0.1, 0.15) is 5.25 Å². The minimum Gasteiger partial charge on any atom is -0.493 e. The number of anilines is 1. The first-order valence-corrected chi connectivity index (χ1v) is 16.1. The van der Waals surface area contributed by atoms with Crippen molar-refractivity contribution in [2.45, 2.75) is 42.4 Å². The van der Waals surface area contributed by atoms with E-state index in [0.717, 1.165) is 48.6 Å². The third-order valence-corrected chi connectivity index (χ3v) is 10.5. The van der Waals surface area contributed by atoms with Crippen molar-refractivity contribution in [2.75, 3.05) is 38.3 Å². The van der Waals surface area contributed by atoms with Crippen LogP contribution in [0.1, 0.15) is 52.9 Å². The summed E-state index contributed by atoms with van der Waals surface area (Å²) in [6.07, 6.45) is 3.08. The van der Waals surface area contributed by atoms with Crippen LogP contribution in [0.25, 0.3) is 0 Å². The molecule has 3 aromatic rings. The second kappa shape index (κ2) is 12.5. The number of amides is 3. The van der Waals surface area contributed by atoms with E-state index >= 15 is 0 Å². The van der Waals surface area contributed by atoms with Crippen molar-refractivity contribution < 1.29 is 33.4 Å². The average Bonchev–Trinajstić information content (AvgIpc) is 3.54. The Balaban J connectivity index is 1.30. The molecule has 0 saturated carbocycles. The van der Waals surface area contributed by atoms with Crippen LogP contribution in [0.3, 0.4) is 0 Å². The number of fused-ring (bicyclic) bond motifs is 2. The van der Waals surface area contributed by atoms with Gasteiger partial charge in [-0.2, -0.15) is 0 Å². The largest absolute Gasteiger partial charge is 0.493 e. The lowest BCUT2D eigenvalue weighted by Crippen LogP contribution is -2.38. The molecule has 4 heterocycles. The zero-order chi connectivity index (χ0) is 31.0. The molecule has 0 unspecified atom stereocenters. The summed E-state index contributed by atoms with van der Waals surface area (Å²) in [5.74, 6) is -2.05. The fourth-order valence-electron chi connectivity index (χ4n) is 5.96. The topological polar surface area (TPSA) is 135 Å². The van der Waals surface area contributed by atoms with Gasteiger partial charge < -0.3 is 24.1 Å². The third kappa shape index (κ3) is 5.50. The summed E-state index contributed by atoms with van der Waals surface area (Å²) < 4.78 is 16.5. The van der Waals surface area contributed by atoms with Crippen molar-refractivity contribution >= 4 is 52.5 Å². The number of hydrogen-bond donors (Lipinski definition) is 1. The number of piperidine rings is 1. The summed E-state index contributed by atoms with van der Waals surface area (Å²) in [6, 6.07) is 11.4. The SMILES string of the molecule is CCOC(=O)c1ccc(N2C(=O)[C@H]3[C@H](c4ccc(OCC(=O)N5CCCCC5)c(OC)c4)c4sc(=O)[nH]c4S[C@H]3C2=O)cc1. The molecule has 44 heavy (non-hydrogen) atoms. The highest BCUT2D eigenvalue weighted by molar-refractivity contribution is 8.00. The number of esters is 1. The van der Waals surface area contributed by atoms with Crippen molar-refractivity contribution in [3.63, 3.8) is 0 Å². The number of nitrogens with zero attached hydrogens (tertiary/aromatic N) is 2. The molecule has 11 nitrogen and oxygen atoms in total. The molecule has 3 aliphatic rings. The van der Waals surface area contributed by atoms with E-state index in [2.05, 4.69) is 4.98 Å². The minimum absolute atomic E-state index is 0.0878. The lowest BCUT2D eigenvalue weighted by Gasteiger charge is -2.30. The van der Waals surface area contributed by atoms with Crippen LogP contribution in [0.2, 0.25) is 0 Å². The standard InChI is InChI=1S/C31H31N3O8S2/c1-3-41-30(38)17-7-10-19(11-8-17)34-28(36)24-23(25-27(32-31(39)44-25)43-26(24)29(34)37)18-9-12-20(21(15-18)40-2)42-16-22(35)33-13-5-4-6-14-33/h7-12,15,23-24,26H,3-6,13-14,16H2,1-2H3,(H,32,39)/t23-,24-,26+/m0/s1. The molecule has 1 N–H and O–H groups in total. The number of benzene rings is 2. The number of thioether (sulfide) groups is 1. The number of aromatic nitrogens is 1. The molecule has 0 aliphatic carbocycles. The van der Waals surface area contributed by atoms with Gasteiger partial charge in [-0.15, -0.1) is 0 Å². The van der Waals surface area contributed by atoms with Gasteiger partial charge in [0, 0.05) is 23.9 Å². The number of aromatic amines is 1. The molecule has 1 aromatic heterocycles. The molecule has 3 aliphatic heterocycles. The fraction of sp³-hybridized carbons (Fsp3) is 0.387. The number of carbonyl (C=O) groups is 4. The van der Waals surface area contributed by atoms with Crippen LogP contribution in [-0.2, 0) is 19.1 Å². The van der Waals surface area contributed by atoms with Crippen LogP contribution < -0.4 is 19.2 Å². The van der Waals surface area contributed by atoms with E-state index in [1.54, 1.807) is 42.2 Å². The maximum Gasteiger partial charge on any atom is 0.338 e.